The molecular weight excluding hydrogens is 524 g/mol. The van der Waals surface area contributed by atoms with Gasteiger partial charge in [0.15, 0.2) is 0 Å². The molecule has 186 valence electrons. The molecule has 1 aromatic heterocycles. The van der Waals surface area contributed by atoms with Crippen LogP contribution in [-0.2, 0) is 4.74 Å². The Balaban J connectivity index is 1.63. The maximum absolute atomic E-state index is 13.7. The number of carbonyl (C=O) groups excluding carboxylic acids is 3. The molecule has 4 rings (SSSR count). The number of halogens is 1. The van der Waals surface area contributed by atoms with Crippen molar-refractivity contribution < 1.29 is 19.1 Å². The largest absolute Gasteiger partial charge is 0.462 e. The Morgan fingerprint density at radius 2 is 1.69 bits per heavy atom. The van der Waals surface area contributed by atoms with Gasteiger partial charge in [0.25, 0.3) is 11.8 Å². The van der Waals surface area contributed by atoms with E-state index in [1.54, 1.807) is 35.8 Å². The molecule has 0 N–H and O–H groups in total. The zero-order chi connectivity index (χ0) is 25.8. The fourth-order valence-electron chi connectivity index (χ4n) is 4.28. The summed E-state index contributed by atoms with van der Waals surface area (Å²) < 4.78 is 6.19. The summed E-state index contributed by atoms with van der Waals surface area (Å²) >= 11 is 3.39. The molecule has 2 aromatic carbocycles. The fourth-order valence-corrected chi connectivity index (χ4v) is 4.55. The first-order valence-electron chi connectivity index (χ1n) is 11.8. The van der Waals surface area contributed by atoms with Crippen molar-refractivity contribution in [2.45, 2.75) is 26.8 Å². The molecule has 36 heavy (non-hydrogen) atoms. The minimum Gasteiger partial charge on any atom is -0.462 e. The third kappa shape index (κ3) is 5.31. The van der Waals surface area contributed by atoms with Crippen LogP contribution in [0.25, 0.3) is 11.3 Å². The number of aryl methyl sites for hydroxylation is 1. The molecule has 0 saturated carbocycles. The minimum atomic E-state index is -0.642. The Bertz CT molecular complexity index is 1280. The van der Waals surface area contributed by atoms with E-state index in [1.165, 1.54) is 0 Å². The standard InChI is InChI=1S/C27H27BrN4O4/c1-4-36-27(35)22-23(19-8-6-5-7-9-19)29-18(3)30-24(22)26(34)31-14-15-32(17(2)16-31)25(33)20-10-12-21(28)13-11-20/h5-13,17H,4,14-16H2,1-3H3. The summed E-state index contributed by atoms with van der Waals surface area (Å²) in [6.45, 7) is 6.46. The smallest absolute Gasteiger partial charge is 0.342 e. The number of hydrogen-bond acceptors (Lipinski definition) is 6. The molecule has 9 heteroatoms. The molecule has 8 nitrogen and oxygen atoms in total. The fraction of sp³-hybridized carbons (Fsp3) is 0.296. The van der Waals surface area contributed by atoms with Gasteiger partial charge in [0, 0.05) is 41.3 Å². The first kappa shape index (κ1) is 25.5. The number of rotatable bonds is 5. The molecular formula is C27H27BrN4O4. The van der Waals surface area contributed by atoms with E-state index in [0.717, 1.165) is 4.47 Å². The van der Waals surface area contributed by atoms with Gasteiger partial charge in [-0.15, -0.1) is 0 Å². The van der Waals surface area contributed by atoms with E-state index < -0.39 is 5.97 Å². The van der Waals surface area contributed by atoms with Crippen molar-refractivity contribution in [1.82, 2.24) is 19.8 Å². The lowest BCUT2D eigenvalue weighted by Crippen LogP contribution is -2.55. The highest BCUT2D eigenvalue weighted by Gasteiger charge is 2.34. The molecule has 1 aliphatic rings. The number of ether oxygens (including phenoxy) is 1. The van der Waals surface area contributed by atoms with Crippen molar-refractivity contribution in [1.29, 1.82) is 0 Å². The predicted octanol–water partition coefficient (Wildman–Crippen LogP) is 4.38. The lowest BCUT2D eigenvalue weighted by molar-refractivity contribution is 0.0406. The van der Waals surface area contributed by atoms with Crippen molar-refractivity contribution in [2.75, 3.05) is 26.2 Å². The highest BCUT2D eigenvalue weighted by molar-refractivity contribution is 9.10. The molecule has 1 unspecified atom stereocenters. The van der Waals surface area contributed by atoms with E-state index in [2.05, 4.69) is 25.9 Å². The van der Waals surface area contributed by atoms with Crippen molar-refractivity contribution in [3.8, 4) is 11.3 Å². The summed E-state index contributed by atoms with van der Waals surface area (Å²) in [6, 6.07) is 16.2. The number of benzene rings is 2. The Morgan fingerprint density at radius 1 is 1.00 bits per heavy atom. The highest BCUT2D eigenvalue weighted by atomic mass is 79.9. The Morgan fingerprint density at radius 3 is 2.33 bits per heavy atom. The van der Waals surface area contributed by atoms with Gasteiger partial charge in [0.2, 0.25) is 0 Å². The van der Waals surface area contributed by atoms with Crippen molar-refractivity contribution in [3.05, 3.63) is 81.7 Å². The van der Waals surface area contributed by atoms with Crippen LogP contribution < -0.4 is 0 Å². The van der Waals surface area contributed by atoms with E-state index in [-0.39, 0.29) is 35.7 Å². The molecule has 1 saturated heterocycles. The summed E-state index contributed by atoms with van der Waals surface area (Å²) in [7, 11) is 0. The third-order valence-electron chi connectivity index (χ3n) is 6.02. The van der Waals surface area contributed by atoms with Crippen molar-refractivity contribution in [3.63, 3.8) is 0 Å². The minimum absolute atomic E-state index is 0.0136. The van der Waals surface area contributed by atoms with E-state index >= 15 is 0 Å². The first-order chi connectivity index (χ1) is 17.3. The zero-order valence-corrected chi connectivity index (χ0v) is 22.0. The summed E-state index contributed by atoms with van der Waals surface area (Å²) in [6.07, 6.45) is 0. The summed E-state index contributed by atoms with van der Waals surface area (Å²) in [5.41, 5.74) is 1.72. The Labute approximate surface area is 218 Å². The van der Waals surface area contributed by atoms with Gasteiger partial charge in [-0.25, -0.2) is 14.8 Å². The molecule has 0 spiro atoms. The van der Waals surface area contributed by atoms with E-state index in [1.807, 2.05) is 49.4 Å². The van der Waals surface area contributed by atoms with Gasteiger partial charge < -0.3 is 14.5 Å². The topological polar surface area (TPSA) is 92.7 Å². The number of aromatic nitrogens is 2. The van der Waals surface area contributed by atoms with Crippen LogP contribution in [0.5, 0.6) is 0 Å². The quantitative estimate of drug-likeness (QED) is 0.437. The van der Waals surface area contributed by atoms with Gasteiger partial charge in [0.05, 0.1) is 12.3 Å². The van der Waals surface area contributed by atoms with Crippen LogP contribution in [0.2, 0.25) is 0 Å². The SMILES string of the molecule is CCOC(=O)c1c(C(=O)N2CCN(C(=O)c3ccc(Br)cc3)C(C)C2)nc(C)nc1-c1ccccc1. The predicted molar refractivity (Wildman–Crippen MR) is 139 cm³/mol. The third-order valence-corrected chi connectivity index (χ3v) is 6.55. The summed E-state index contributed by atoms with van der Waals surface area (Å²) in [4.78, 5) is 52.1. The molecule has 2 heterocycles. The van der Waals surface area contributed by atoms with Crippen LogP contribution in [0, 0.1) is 6.92 Å². The number of piperazine rings is 1. The van der Waals surface area contributed by atoms with Crippen LogP contribution in [0.15, 0.2) is 59.1 Å². The Kier molecular flexibility index (Phi) is 7.79. The number of hydrogen-bond donors (Lipinski definition) is 0. The lowest BCUT2D eigenvalue weighted by Gasteiger charge is -2.40. The normalized spacial score (nSPS) is 15.5. The number of carbonyl (C=O) groups is 3. The number of nitrogens with zero attached hydrogens (tertiary/aromatic N) is 4. The van der Waals surface area contributed by atoms with Gasteiger partial charge in [-0.3, -0.25) is 9.59 Å². The molecule has 0 aliphatic carbocycles. The molecule has 0 radical (unpaired) electrons. The van der Waals surface area contributed by atoms with Crippen molar-refractivity contribution >= 4 is 33.7 Å². The van der Waals surface area contributed by atoms with Crippen LogP contribution >= 0.6 is 15.9 Å². The Hall–Kier alpha value is -3.59. The number of esters is 1. The summed E-state index contributed by atoms with van der Waals surface area (Å²) in [5.74, 6) is -0.735. The zero-order valence-electron chi connectivity index (χ0n) is 20.4. The van der Waals surface area contributed by atoms with Crippen LogP contribution in [0.4, 0.5) is 0 Å². The van der Waals surface area contributed by atoms with E-state index in [9.17, 15) is 14.4 Å². The highest BCUT2D eigenvalue weighted by Crippen LogP contribution is 2.26. The van der Waals surface area contributed by atoms with Crippen molar-refractivity contribution in [2.24, 2.45) is 0 Å². The second-order valence-corrected chi connectivity index (χ2v) is 9.45. The summed E-state index contributed by atoms with van der Waals surface area (Å²) in [5, 5.41) is 0. The molecule has 1 aliphatic heterocycles. The molecule has 0 bridgehead atoms. The van der Waals surface area contributed by atoms with Crippen LogP contribution in [0.1, 0.15) is 50.9 Å². The van der Waals surface area contributed by atoms with Gasteiger partial charge >= 0.3 is 5.97 Å². The van der Waals surface area contributed by atoms with Gasteiger partial charge in [0.1, 0.15) is 17.1 Å². The number of amides is 2. The lowest BCUT2D eigenvalue weighted by atomic mass is 10.0. The average Bonchev–Trinajstić information content (AvgIpc) is 2.88. The molecule has 1 fully saturated rings. The molecule has 2 amide bonds. The van der Waals surface area contributed by atoms with E-state index in [0.29, 0.717) is 42.3 Å². The van der Waals surface area contributed by atoms with E-state index in [4.69, 9.17) is 4.74 Å². The van der Waals surface area contributed by atoms with Crippen LogP contribution in [-0.4, -0.2) is 69.8 Å². The molecule has 1 atom stereocenters. The molecule has 3 aromatic rings. The first-order valence-corrected chi connectivity index (χ1v) is 12.6. The van der Waals surface area contributed by atoms with Crippen LogP contribution in [0.3, 0.4) is 0 Å². The maximum Gasteiger partial charge on any atom is 0.342 e. The van der Waals surface area contributed by atoms with Gasteiger partial charge in [-0.2, -0.15) is 0 Å². The van der Waals surface area contributed by atoms with Gasteiger partial charge in [-0.1, -0.05) is 46.3 Å². The maximum atomic E-state index is 13.7. The monoisotopic (exact) mass is 550 g/mol. The second-order valence-electron chi connectivity index (χ2n) is 8.54. The average molecular weight is 551 g/mol. The second kappa shape index (κ2) is 11.0. The van der Waals surface area contributed by atoms with Gasteiger partial charge in [-0.05, 0) is 45.0 Å².